The monoisotopic (exact) mass is 330 g/mol. The van der Waals surface area contributed by atoms with Gasteiger partial charge in [-0.3, -0.25) is 4.79 Å². The molecule has 0 N–H and O–H groups in total. The molecule has 0 atom stereocenters. The smallest absolute Gasteiger partial charge is 0.242 e. The van der Waals surface area contributed by atoms with Gasteiger partial charge in [0.15, 0.2) is 11.6 Å². The number of hydrogen-bond donors (Lipinski definition) is 0. The van der Waals surface area contributed by atoms with E-state index in [0.29, 0.717) is 6.54 Å². The first-order valence-corrected chi connectivity index (χ1v) is 7.91. The maximum Gasteiger partial charge on any atom is 0.242 e. The zero-order chi connectivity index (χ0) is 17.5. The van der Waals surface area contributed by atoms with Gasteiger partial charge in [-0.25, -0.2) is 4.39 Å². The van der Waals surface area contributed by atoms with Crippen LogP contribution in [0.25, 0.3) is 0 Å². The van der Waals surface area contributed by atoms with Gasteiger partial charge in [-0.2, -0.15) is 0 Å². The molecule has 128 valence electrons. The zero-order valence-corrected chi connectivity index (χ0v) is 14.3. The number of carbonyl (C=O) groups excluding carboxylic acids is 1. The highest BCUT2D eigenvalue weighted by Gasteiger charge is 2.15. The SMILES string of the molecule is CCN(CC(=O)N(C)Cc1ccc(OC)c(F)c1)c1ccccc1. The quantitative estimate of drug-likeness (QED) is 0.781. The lowest BCUT2D eigenvalue weighted by Crippen LogP contribution is -2.38. The number of hydrogen-bond acceptors (Lipinski definition) is 3. The Morgan fingerprint density at radius 3 is 2.46 bits per heavy atom. The summed E-state index contributed by atoms with van der Waals surface area (Å²) in [5.41, 5.74) is 1.74. The Labute approximate surface area is 142 Å². The second-order valence-electron chi connectivity index (χ2n) is 5.57. The van der Waals surface area contributed by atoms with Crippen molar-refractivity contribution in [3.8, 4) is 5.75 Å². The fraction of sp³-hybridized carbons (Fsp3) is 0.316. The predicted molar refractivity (Wildman–Crippen MR) is 93.8 cm³/mol. The van der Waals surface area contributed by atoms with E-state index in [-0.39, 0.29) is 18.2 Å². The van der Waals surface area contributed by atoms with Crippen LogP contribution in [0.4, 0.5) is 10.1 Å². The van der Waals surface area contributed by atoms with Crippen molar-refractivity contribution in [3.63, 3.8) is 0 Å². The first-order chi connectivity index (χ1) is 11.5. The lowest BCUT2D eigenvalue weighted by molar-refractivity contribution is -0.128. The molecule has 2 rings (SSSR count). The van der Waals surface area contributed by atoms with Gasteiger partial charge in [0, 0.05) is 25.8 Å². The molecule has 0 aromatic heterocycles. The Balaban J connectivity index is 2.00. The van der Waals surface area contributed by atoms with Crippen LogP contribution in [-0.2, 0) is 11.3 Å². The predicted octanol–water partition coefficient (Wildman–Crippen LogP) is 3.32. The van der Waals surface area contributed by atoms with Gasteiger partial charge in [-0.05, 0) is 36.8 Å². The van der Waals surface area contributed by atoms with E-state index < -0.39 is 5.82 Å². The lowest BCUT2D eigenvalue weighted by Gasteiger charge is -2.26. The number of amides is 1. The summed E-state index contributed by atoms with van der Waals surface area (Å²) in [6.45, 7) is 3.39. The molecule has 2 aromatic rings. The summed E-state index contributed by atoms with van der Waals surface area (Å²) >= 11 is 0. The largest absolute Gasteiger partial charge is 0.494 e. The van der Waals surface area contributed by atoms with Gasteiger partial charge in [-0.15, -0.1) is 0 Å². The highest BCUT2D eigenvalue weighted by molar-refractivity contribution is 5.81. The topological polar surface area (TPSA) is 32.8 Å². The molecule has 0 spiro atoms. The van der Waals surface area contributed by atoms with E-state index in [1.165, 1.54) is 13.2 Å². The van der Waals surface area contributed by atoms with Crippen LogP contribution in [0.15, 0.2) is 48.5 Å². The molecule has 1 amide bonds. The molecule has 24 heavy (non-hydrogen) atoms. The summed E-state index contributed by atoms with van der Waals surface area (Å²) in [6.07, 6.45) is 0. The number of carbonyl (C=O) groups is 1. The number of methoxy groups -OCH3 is 1. The normalized spacial score (nSPS) is 10.3. The molecule has 0 bridgehead atoms. The van der Waals surface area contributed by atoms with Crippen molar-refractivity contribution >= 4 is 11.6 Å². The Morgan fingerprint density at radius 2 is 1.88 bits per heavy atom. The number of likely N-dealkylation sites (N-methyl/N-ethyl adjacent to an activating group) is 2. The minimum Gasteiger partial charge on any atom is -0.494 e. The van der Waals surface area contributed by atoms with Gasteiger partial charge in [0.05, 0.1) is 13.7 Å². The van der Waals surface area contributed by atoms with Gasteiger partial charge >= 0.3 is 0 Å². The Morgan fingerprint density at radius 1 is 1.17 bits per heavy atom. The van der Waals surface area contributed by atoms with E-state index in [9.17, 15) is 9.18 Å². The van der Waals surface area contributed by atoms with Crippen LogP contribution in [0.2, 0.25) is 0 Å². The van der Waals surface area contributed by atoms with Gasteiger partial charge in [0.2, 0.25) is 5.91 Å². The first-order valence-electron chi connectivity index (χ1n) is 7.91. The molecule has 0 unspecified atom stereocenters. The second-order valence-corrected chi connectivity index (χ2v) is 5.57. The number of ether oxygens (including phenoxy) is 1. The average molecular weight is 330 g/mol. The second kappa shape index (κ2) is 8.34. The van der Waals surface area contributed by atoms with Crippen molar-refractivity contribution in [1.29, 1.82) is 0 Å². The van der Waals surface area contributed by atoms with Gasteiger partial charge in [-0.1, -0.05) is 24.3 Å². The third-order valence-electron chi connectivity index (χ3n) is 3.89. The molecular weight excluding hydrogens is 307 g/mol. The van der Waals surface area contributed by atoms with Crippen LogP contribution in [0.1, 0.15) is 12.5 Å². The van der Waals surface area contributed by atoms with Crippen molar-refractivity contribution in [2.45, 2.75) is 13.5 Å². The molecule has 2 aromatic carbocycles. The minimum atomic E-state index is -0.421. The fourth-order valence-electron chi connectivity index (χ4n) is 2.48. The summed E-state index contributed by atoms with van der Waals surface area (Å²) in [7, 11) is 3.15. The van der Waals surface area contributed by atoms with Crippen LogP contribution in [0.3, 0.4) is 0 Å². The van der Waals surface area contributed by atoms with Crippen molar-refractivity contribution in [1.82, 2.24) is 4.90 Å². The van der Waals surface area contributed by atoms with Crippen LogP contribution in [0, 0.1) is 5.82 Å². The number of anilines is 1. The highest BCUT2D eigenvalue weighted by Crippen LogP contribution is 2.19. The minimum absolute atomic E-state index is 0.0167. The standard InChI is InChI=1S/C19H23FN2O2/c1-4-22(16-8-6-5-7-9-16)14-19(23)21(2)13-15-10-11-18(24-3)17(20)12-15/h5-12H,4,13-14H2,1-3H3. The van der Waals surface area contributed by atoms with Crippen molar-refractivity contribution < 1.29 is 13.9 Å². The van der Waals surface area contributed by atoms with Gasteiger partial charge < -0.3 is 14.5 Å². The lowest BCUT2D eigenvalue weighted by atomic mass is 10.2. The summed E-state index contributed by atoms with van der Waals surface area (Å²) in [5, 5.41) is 0. The van der Waals surface area contributed by atoms with Crippen LogP contribution < -0.4 is 9.64 Å². The van der Waals surface area contributed by atoms with E-state index in [4.69, 9.17) is 4.74 Å². The summed E-state index contributed by atoms with van der Waals surface area (Å²) in [4.78, 5) is 16.1. The van der Waals surface area contributed by atoms with Crippen molar-refractivity contribution in [3.05, 3.63) is 59.9 Å². The zero-order valence-electron chi connectivity index (χ0n) is 14.3. The van der Waals surface area contributed by atoms with Crippen LogP contribution in [-0.4, -0.2) is 38.1 Å². The van der Waals surface area contributed by atoms with E-state index in [0.717, 1.165) is 17.8 Å². The number of rotatable bonds is 7. The molecule has 0 heterocycles. The average Bonchev–Trinajstić information content (AvgIpc) is 2.60. The number of halogens is 1. The Hall–Kier alpha value is -2.56. The molecule has 0 fully saturated rings. The van der Waals surface area contributed by atoms with Crippen molar-refractivity contribution in [2.75, 3.05) is 32.1 Å². The maximum absolute atomic E-state index is 13.8. The van der Waals surface area contributed by atoms with Gasteiger partial charge in [0.1, 0.15) is 0 Å². The number of benzene rings is 2. The molecule has 0 saturated heterocycles. The molecule has 0 aliphatic carbocycles. The van der Waals surface area contributed by atoms with E-state index in [1.807, 2.05) is 42.2 Å². The van der Waals surface area contributed by atoms with E-state index >= 15 is 0 Å². The molecule has 0 aliphatic heterocycles. The Bertz CT molecular complexity index is 676. The fourth-order valence-corrected chi connectivity index (χ4v) is 2.48. The summed E-state index contributed by atoms with van der Waals surface area (Å²) in [6, 6.07) is 14.6. The molecule has 0 radical (unpaired) electrons. The van der Waals surface area contributed by atoms with E-state index in [1.54, 1.807) is 24.1 Å². The molecule has 0 aliphatic rings. The van der Waals surface area contributed by atoms with Crippen LogP contribution >= 0.6 is 0 Å². The highest BCUT2D eigenvalue weighted by atomic mass is 19.1. The number of nitrogens with zero attached hydrogens (tertiary/aromatic N) is 2. The number of para-hydroxylation sites is 1. The van der Waals surface area contributed by atoms with Crippen molar-refractivity contribution in [2.24, 2.45) is 0 Å². The first kappa shape index (κ1) is 17.8. The molecule has 0 saturated carbocycles. The van der Waals surface area contributed by atoms with E-state index in [2.05, 4.69) is 0 Å². The third-order valence-corrected chi connectivity index (χ3v) is 3.89. The maximum atomic E-state index is 13.8. The molecular formula is C19H23FN2O2. The summed E-state index contributed by atoms with van der Waals surface area (Å²) < 4.78 is 18.7. The van der Waals surface area contributed by atoms with Crippen LogP contribution in [0.5, 0.6) is 5.75 Å². The van der Waals surface area contributed by atoms with Gasteiger partial charge in [0.25, 0.3) is 0 Å². The molecule has 4 nitrogen and oxygen atoms in total. The molecule has 5 heteroatoms. The Kier molecular flexibility index (Phi) is 6.18. The third kappa shape index (κ3) is 4.47. The summed E-state index contributed by atoms with van der Waals surface area (Å²) in [5.74, 6) is -0.235.